The fraction of sp³-hybridized carbons (Fsp3) is 0.600. The lowest BCUT2D eigenvalue weighted by molar-refractivity contribution is -0.0312. The van der Waals surface area contributed by atoms with E-state index in [0.29, 0.717) is 6.04 Å². The van der Waals surface area contributed by atoms with Crippen molar-refractivity contribution in [3.8, 4) is 0 Å². The topological polar surface area (TPSA) is 21.3 Å². The van der Waals surface area contributed by atoms with E-state index in [1.165, 1.54) is 43.4 Å². The molecule has 0 saturated carbocycles. The Morgan fingerprint density at radius 3 is 2.29 bits per heavy atom. The summed E-state index contributed by atoms with van der Waals surface area (Å²) in [6, 6.07) is 9.90. The van der Waals surface area contributed by atoms with Crippen LogP contribution in [0.15, 0.2) is 24.3 Å². The van der Waals surface area contributed by atoms with Gasteiger partial charge in [-0.05, 0) is 43.4 Å². The maximum atomic E-state index is 5.21. The Hall–Kier alpha value is -0.860. The van der Waals surface area contributed by atoms with E-state index in [4.69, 9.17) is 4.74 Å². The molecule has 2 heteroatoms. The molecule has 0 bridgehead atoms. The molecule has 0 spiro atoms. The number of benzene rings is 1. The molecule has 2 heterocycles. The molecule has 92 valence electrons. The highest BCUT2D eigenvalue weighted by atomic mass is 16.5. The Morgan fingerprint density at radius 2 is 1.76 bits per heavy atom. The van der Waals surface area contributed by atoms with Crippen LogP contribution in [0.2, 0.25) is 0 Å². The smallest absolute Gasteiger partial charge is 0.0519 e. The van der Waals surface area contributed by atoms with Crippen molar-refractivity contribution in [1.29, 1.82) is 0 Å². The van der Waals surface area contributed by atoms with E-state index < -0.39 is 0 Å². The third-order valence-corrected chi connectivity index (χ3v) is 3.90. The molecule has 2 aliphatic heterocycles. The van der Waals surface area contributed by atoms with Crippen LogP contribution in [-0.2, 0) is 17.6 Å². The lowest BCUT2D eigenvalue weighted by atomic mass is 9.96. The van der Waals surface area contributed by atoms with Crippen molar-refractivity contribution < 1.29 is 4.74 Å². The van der Waals surface area contributed by atoms with Gasteiger partial charge >= 0.3 is 0 Å². The predicted molar refractivity (Wildman–Crippen MR) is 69.2 cm³/mol. The first kappa shape index (κ1) is 11.2. The monoisotopic (exact) mass is 231 g/mol. The number of nitrogens with one attached hydrogen (secondary N) is 1. The molecule has 1 aromatic carbocycles. The fourth-order valence-electron chi connectivity index (χ4n) is 2.76. The van der Waals surface area contributed by atoms with Crippen LogP contribution in [0, 0.1) is 5.92 Å². The summed E-state index contributed by atoms with van der Waals surface area (Å²) in [5, 5.41) is 3.55. The van der Waals surface area contributed by atoms with E-state index in [1.807, 2.05) is 0 Å². The standard InChI is InChI=1S/C15H21NO/c1-2-15(16-7-1)9-13-5-3-12(4-6-13)8-14-10-17-11-14/h3-6,14-16H,1-2,7-11H2. The fourth-order valence-corrected chi connectivity index (χ4v) is 2.76. The van der Waals surface area contributed by atoms with Gasteiger partial charge in [-0.25, -0.2) is 0 Å². The summed E-state index contributed by atoms with van der Waals surface area (Å²) >= 11 is 0. The molecule has 0 radical (unpaired) electrons. The van der Waals surface area contributed by atoms with Gasteiger partial charge < -0.3 is 10.1 Å². The molecule has 1 atom stereocenters. The highest BCUT2D eigenvalue weighted by Crippen LogP contribution is 2.18. The van der Waals surface area contributed by atoms with Crippen LogP contribution in [-0.4, -0.2) is 25.8 Å². The zero-order valence-corrected chi connectivity index (χ0v) is 10.3. The Kier molecular flexibility index (Phi) is 3.44. The van der Waals surface area contributed by atoms with Gasteiger partial charge in [-0.15, -0.1) is 0 Å². The van der Waals surface area contributed by atoms with Crippen LogP contribution in [0.3, 0.4) is 0 Å². The average Bonchev–Trinajstić information content (AvgIpc) is 2.78. The molecule has 17 heavy (non-hydrogen) atoms. The number of rotatable bonds is 4. The molecule has 1 unspecified atom stereocenters. The maximum Gasteiger partial charge on any atom is 0.0519 e. The van der Waals surface area contributed by atoms with Gasteiger partial charge in [0.1, 0.15) is 0 Å². The van der Waals surface area contributed by atoms with E-state index in [9.17, 15) is 0 Å². The van der Waals surface area contributed by atoms with Crippen molar-refractivity contribution in [2.24, 2.45) is 5.92 Å². The third-order valence-electron chi connectivity index (χ3n) is 3.90. The molecule has 2 aliphatic rings. The second-order valence-corrected chi connectivity index (χ2v) is 5.42. The summed E-state index contributed by atoms with van der Waals surface area (Å²) in [5.41, 5.74) is 2.93. The van der Waals surface area contributed by atoms with Gasteiger partial charge in [0, 0.05) is 12.0 Å². The zero-order chi connectivity index (χ0) is 11.5. The molecule has 2 fully saturated rings. The average molecular weight is 231 g/mol. The number of hydrogen-bond donors (Lipinski definition) is 1. The highest BCUT2D eigenvalue weighted by Gasteiger charge is 2.18. The van der Waals surface area contributed by atoms with E-state index in [0.717, 1.165) is 19.1 Å². The molecule has 0 aromatic heterocycles. The molecule has 1 aromatic rings. The van der Waals surface area contributed by atoms with Gasteiger partial charge in [0.15, 0.2) is 0 Å². The van der Waals surface area contributed by atoms with Crippen molar-refractivity contribution in [3.63, 3.8) is 0 Å². The first-order valence-electron chi connectivity index (χ1n) is 6.79. The normalized spacial score (nSPS) is 24.8. The first-order chi connectivity index (χ1) is 8.40. The largest absolute Gasteiger partial charge is 0.381 e. The molecule has 2 nitrogen and oxygen atoms in total. The molecule has 3 rings (SSSR count). The van der Waals surface area contributed by atoms with Gasteiger partial charge in [-0.2, -0.15) is 0 Å². The molecule has 1 N–H and O–H groups in total. The zero-order valence-electron chi connectivity index (χ0n) is 10.3. The number of hydrogen-bond acceptors (Lipinski definition) is 2. The Balaban J connectivity index is 1.55. The molecule has 0 aliphatic carbocycles. The first-order valence-corrected chi connectivity index (χ1v) is 6.79. The lowest BCUT2D eigenvalue weighted by Crippen LogP contribution is -2.29. The van der Waals surface area contributed by atoms with E-state index in [-0.39, 0.29) is 0 Å². The summed E-state index contributed by atoms with van der Waals surface area (Å²) in [5.74, 6) is 0.761. The van der Waals surface area contributed by atoms with Crippen LogP contribution >= 0.6 is 0 Å². The minimum absolute atomic E-state index is 0.709. The number of ether oxygens (including phenoxy) is 1. The molecular formula is C15H21NO. The van der Waals surface area contributed by atoms with Crippen LogP contribution in [0.5, 0.6) is 0 Å². The molecule has 0 amide bonds. The van der Waals surface area contributed by atoms with E-state index >= 15 is 0 Å². The summed E-state index contributed by atoms with van der Waals surface area (Å²) in [7, 11) is 0. The van der Waals surface area contributed by atoms with E-state index in [1.54, 1.807) is 0 Å². The van der Waals surface area contributed by atoms with Crippen molar-refractivity contribution in [2.75, 3.05) is 19.8 Å². The Morgan fingerprint density at radius 1 is 1.06 bits per heavy atom. The van der Waals surface area contributed by atoms with Gasteiger partial charge in [-0.1, -0.05) is 24.3 Å². The van der Waals surface area contributed by atoms with E-state index in [2.05, 4.69) is 29.6 Å². The van der Waals surface area contributed by atoms with Crippen molar-refractivity contribution in [3.05, 3.63) is 35.4 Å². The second-order valence-electron chi connectivity index (χ2n) is 5.42. The summed E-state index contributed by atoms with van der Waals surface area (Å²) in [4.78, 5) is 0. The van der Waals surface area contributed by atoms with Crippen LogP contribution < -0.4 is 5.32 Å². The predicted octanol–water partition coefficient (Wildman–Crippen LogP) is 2.17. The second kappa shape index (κ2) is 5.19. The van der Waals surface area contributed by atoms with Crippen LogP contribution in [0.1, 0.15) is 24.0 Å². The summed E-state index contributed by atoms with van der Waals surface area (Å²) < 4.78 is 5.21. The Bertz CT molecular complexity index is 350. The van der Waals surface area contributed by atoms with Crippen molar-refractivity contribution >= 4 is 0 Å². The Labute approximate surface area is 103 Å². The quantitative estimate of drug-likeness (QED) is 0.857. The minimum atomic E-state index is 0.709. The van der Waals surface area contributed by atoms with Crippen LogP contribution in [0.4, 0.5) is 0 Å². The summed E-state index contributed by atoms with van der Waals surface area (Å²) in [6.07, 6.45) is 5.04. The van der Waals surface area contributed by atoms with Crippen LogP contribution in [0.25, 0.3) is 0 Å². The van der Waals surface area contributed by atoms with Gasteiger partial charge in [-0.3, -0.25) is 0 Å². The van der Waals surface area contributed by atoms with Crippen molar-refractivity contribution in [2.45, 2.75) is 31.7 Å². The van der Waals surface area contributed by atoms with Gasteiger partial charge in [0.2, 0.25) is 0 Å². The maximum absolute atomic E-state index is 5.21. The lowest BCUT2D eigenvalue weighted by Gasteiger charge is -2.25. The minimum Gasteiger partial charge on any atom is -0.381 e. The SMILES string of the molecule is c1cc(CC2CCCN2)ccc1CC1COC1. The highest BCUT2D eigenvalue weighted by molar-refractivity contribution is 5.24. The van der Waals surface area contributed by atoms with Crippen molar-refractivity contribution in [1.82, 2.24) is 5.32 Å². The molecule has 2 saturated heterocycles. The van der Waals surface area contributed by atoms with Gasteiger partial charge in [0.25, 0.3) is 0 Å². The molecular weight excluding hydrogens is 210 g/mol. The van der Waals surface area contributed by atoms with Gasteiger partial charge in [0.05, 0.1) is 13.2 Å². The third kappa shape index (κ3) is 2.88. The summed E-state index contributed by atoms with van der Waals surface area (Å²) in [6.45, 7) is 3.10.